The number of carbonyl (C=O) groups is 2. The average molecular weight is 476 g/mol. The molecule has 0 radical (unpaired) electrons. The van der Waals surface area contributed by atoms with E-state index >= 15 is 0 Å². The molecule has 3 aromatic heterocycles. The maximum absolute atomic E-state index is 13.4. The lowest BCUT2D eigenvalue weighted by atomic mass is 10.1. The van der Waals surface area contributed by atoms with Gasteiger partial charge in [-0.15, -0.1) is 5.10 Å². The molecule has 3 aliphatic heterocycles. The SMILES string of the molecule is Cc1cc(N2CCC(C)C2)cn2nc(C(=O)N3CC4CCN(c5cccc(C(=O)O)n5)C4C3)nc12. The highest BCUT2D eigenvalue weighted by atomic mass is 16.4. The largest absolute Gasteiger partial charge is 0.477 e. The molecule has 0 saturated carbocycles. The summed E-state index contributed by atoms with van der Waals surface area (Å²) in [5.74, 6) is 0.661. The molecule has 0 bridgehead atoms. The first-order chi connectivity index (χ1) is 16.9. The smallest absolute Gasteiger partial charge is 0.354 e. The van der Waals surface area contributed by atoms with Crippen molar-refractivity contribution in [2.75, 3.05) is 42.5 Å². The lowest BCUT2D eigenvalue weighted by molar-refractivity contribution is 0.0690. The lowest BCUT2D eigenvalue weighted by Crippen LogP contribution is -2.38. The average Bonchev–Trinajstić information content (AvgIpc) is 3.61. The van der Waals surface area contributed by atoms with Crippen LogP contribution in [0.15, 0.2) is 30.5 Å². The summed E-state index contributed by atoms with van der Waals surface area (Å²) in [6.45, 7) is 8.34. The van der Waals surface area contributed by atoms with Crippen LogP contribution >= 0.6 is 0 Å². The second-order valence-corrected chi connectivity index (χ2v) is 10.1. The highest BCUT2D eigenvalue weighted by molar-refractivity contribution is 5.91. The van der Waals surface area contributed by atoms with Crippen LogP contribution in [-0.4, -0.2) is 80.2 Å². The third kappa shape index (κ3) is 3.77. The molecular weight excluding hydrogens is 446 g/mol. The highest BCUT2D eigenvalue weighted by Crippen LogP contribution is 2.35. The van der Waals surface area contributed by atoms with Crippen LogP contribution in [0.4, 0.5) is 11.5 Å². The van der Waals surface area contributed by atoms with Crippen molar-refractivity contribution in [3.05, 3.63) is 47.5 Å². The Morgan fingerprint density at radius 1 is 1.09 bits per heavy atom. The van der Waals surface area contributed by atoms with Crippen molar-refractivity contribution in [2.45, 2.75) is 32.7 Å². The van der Waals surface area contributed by atoms with Crippen molar-refractivity contribution >= 4 is 29.0 Å². The Morgan fingerprint density at radius 2 is 1.94 bits per heavy atom. The summed E-state index contributed by atoms with van der Waals surface area (Å²) in [6, 6.07) is 7.29. The number of pyridine rings is 2. The van der Waals surface area contributed by atoms with E-state index in [1.807, 2.05) is 24.1 Å². The number of carboxylic acid groups (broad SMARTS) is 1. The second kappa shape index (κ2) is 8.21. The Balaban J connectivity index is 1.22. The van der Waals surface area contributed by atoms with E-state index in [1.54, 1.807) is 10.6 Å². The number of anilines is 2. The topological polar surface area (TPSA) is 107 Å². The first-order valence-electron chi connectivity index (χ1n) is 12.3. The van der Waals surface area contributed by atoms with E-state index in [4.69, 9.17) is 0 Å². The minimum absolute atomic E-state index is 0.0314. The van der Waals surface area contributed by atoms with Crippen LogP contribution < -0.4 is 9.80 Å². The maximum atomic E-state index is 13.4. The number of amides is 1. The van der Waals surface area contributed by atoms with Crippen LogP contribution in [0.1, 0.15) is 46.4 Å². The van der Waals surface area contributed by atoms with Crippen LogP contribution in [-0.2, 0) is 0 Å². The lowest BCUT2D eigenvalue weighted by Gasteiger charge is -2.25. The number of hydrogen-bond donors (Lipinski definition) is 1. The van der Waals surface area contributed by atoms with Crippen molar-refractivity contribution in [3.8, 4) is 0 Å². The predicted molar refractivity (Wildman–Crippen MR) is 130 cm³/mol. The molecule has 0 spiro atoms. The number of aromatic nitrogens is 4. The highest BCUT2D eigenvalue weighted by Gasteiger charge is 2.44. The van der Waals surface area contributed by atoms with Crippen molar-refractivity contribution in [1.29, 1.82) is 0 Å². The van der Waals surface area contributed by atoms with E-state index in [9.17, 15) is 14.7 Å². The Labute approximate surface area is 203 Å². The van der Waals surface area contributed by atoms with E-state index in [0.717, 1.165) is 37.3 Å². The molecule has 10 nitrogen and oxygen atoms in total. The number of carbonyl (C=O) groups excluding carboxylic acids is 1. The van der Waals surface area contributed by atoms with Gasteiger partial charge in [0.25, 0.3) is 5.91 Å². The van der Waals surface area contributed by atoms with Gasteiger partial charge in [-0.25, -0.2) is 19.3 Å². The Hall–Kier alpha value is -3.69. The Kier molecular flexibility index (Phi) is 5.12. The zero-order valence-corrected chi connectivity index (χ0v) is 20.0. The monoisotopic (exact) mass is 475 g/mol. The Morgan fingerprint density at radius 3 is 2.71 bits per heavy atom. The molecule has 6 heterocycles. The van der Waals surface area contributed by atoms with Gasteiger partial charge in [0.15, 0.2) is 11.3 Å². The summed E-state index contributed by atoms with van der Waals surface area (Å²) < 4.78 is 1.74. The van der Waals surface area contributed by atoms with E-state index in [1.165, 1.54) is 12.5 Å². The quantitative estimate of drug-likeness (QED) is 0.613. The first-order valence-corrected chi connectivity index (χ1v) is 12.3. The number of fused-ring (bicyclic) bond motifs is 2. The minimum Gasteiger partial charge on any atom is -0.477 e. The zero-order chi connectivity index (χ0) is 24.3. The van der Waals surface area contributed by atoms with Crippen molar-refractivity contribution in [2.24, 2.45) is 11.8 Å². The molecule has 182 valence electrons. The molecule has 3 fully saturated rings. The maximum Gasteiger partial charge on any atom is 0.354 e. The number of hydrogen-bond acceptors (Lipinski definition) is 7. The van der Waals surface area contributed by atoms with Gasteiger partial charge in [0.2, 0.25) is 5.82 Å². The summed E-state index contributed by atoms with van der Waals surface area (Å²) in [6.07, 6.45) is 4.09. The van der Waals surface area contributed by atoms with Crippen molar-refractivity contribution < 1.29 is 14.7 Å². The van der Waals surface area contributed by atoms with Gasteiger partial charge in [0.05, 0.1) is 17.9 Å². The van der Waals surface area contributed by atoms with Crippen LogP contribution in [0.25, 0.3) is 5.65 Å². The molecule has 3 saturated heterocycles. The van der Waals surface area contributed by atoms with Gasteiger partial charge in [-0.2, -0.15) is 0 Å². The van der Waals surface area contributed by atoms with Gasteiger partial charge in [0, 0.05) is 38.6 Å². The molecule has 0 aliphatic carbocycles. The summed E-state index contributed by atoms with van der Waals surface area (Å²) >= 11 is 0. The first kappa shape index (κ1) is 21.8. The van der Waals surface area contributed by atoms with Gasteiger partial charge in [-0.1, -0.05) is 13.0 Å². The van der Waals surface area contributed by atoms with E-state index in [-0.39, 0.29) is 23.5 Å². The molecule has 3 atom stereocenters. The fourth-order valence-corrected chi connectivity index (χ4v) is 5.82. The number of rotatable bonds is 4. The molecule has 35 heavy (non-hydrogen) atoms. The molecule has 3 aromatic rings. The molecule has 6 rings (SSSR count). The summed E-state index contributed by atoms with van der Waals surface area (Å²) in [5, 5.41) is 13.9. The van der Waals surface area contributed by atoms with Crippen LogP contribution in [0.2, 0.25) is 0 Å². The van der Waals surface area contributed by atoms with Crippen LogP contribution in [0.3, 0.4) is 0 Å². The van der Waals surface area contributed by atoms with Crippen LogP contribution in [0.5, 0.6) is 0 Å². The van der Waals surface area contributed by atoms with Gasteiger partial charge in [0.1, 0.15) is 5.82 Å². The molecular formula is C25H29N7O3. The van der Waals surface area contributed by atoms with E-state index in [0.29, 0.717) is 36.4 Å². The number of nitrogens with zero attached hydrogens (tertiary/aromatic N) is 7. The fourth-order valence-electron chi connectivity index (χ4n) is 5.82. The molecule has 10 heteroatoms. The standard InChI is InChI=1S/C25H29N7O3/c1-15-6-8-29(11-15)18-10-16(2)23-27-22(28-32(23)13-18)24(33)30-12-17-7-9-31(20(17)14-30)21-5-3-4-19(26-21)25(34)35/h3-5,10,13,15,17,20H,6-9,11-12,14H2,1-2H3,(H,34,35). The molecule has 3 unspecified atom stereocenters. The zero-order valence-electron chi connectivity index (χ0n) is 20.0. The third-order valence-electron chi connectivity index (χ3n) is 7.67. The predicted octanol–water partition coefficient (Wildman–Crippen LogP) is 2.33. The van der Waals surface area contributed by atoms with Crippen molar-refractivity contribution in [3.63, 3.8) is 0 Å². The van der Waals surface area contributed by atoms with Gasteiger partial charge in [-0.05, 0) is 49.4 Å². The molecule has 0 aromatic carbocycles. The number of likely N-dealkylation sites (tertiary alicyclic amines) is 1. The second-order valence-electron chi connectivity index (χ2n) is 10.1. The molecule has 1 amide bonds. The number of carboxylic acids is 1. The molecule has 3 aliphatic rings. The number of aryl methyl sites for hydroxylation is 1. The normalized spacial score (nSPS) is 23.9. The fraction of sp³-hybridized carbons (Fsp3) is 0.480. The summed E-state index contributed by atoms with van der Waals surface area (Å²) in [7, 11) is 0. The third-order valence-corrected chi connectivity index (χ3v) is 7.67. The minimum atomic E-state index is -1.04. The molecule has 1 N–H and O–H groups in total. The van der Waals surface area contributed by atoms with E-state index in [2.05, 4.69) is 37.9 Å². The van der Waals surface area contributed by atoms with Gasteiger partial charge in [-0.3, -0.25) is 4.79 Å². The van der Waals surface area contributed by atoms with Crippen LogP contribution in [0, 0.1) is 18.8 Å². The summed E-state index contributed by atoms with van der Waals surface area (Å²) in [5.41, 5.74) is 2.86. The van der Waals surface area contributed by atoms with Gasteiger partial charge < -0.3 is 19.8 Å². The van der Waals surface area contributed by atoms with E-state index < -0.39 is 5.97 Å². The summed E-state index contributed by atoms with van der Waals surface area (Å²) in [4.78, 5) is 40.0. The number of aromatic carboxylic acids is 1. The Bertz CT molecular complexity index is 1320. The van der Waals surface area contributed by atoms with Crippen molar-refractivity contribution in [1.82, 2.24) is 24.5 Å². The van der Waals surface area contributed by atoms with Gasteiger partial charge >= 0.3 is 5.97 Å².